The molecule has 152 valence electrons. The van der Waals surface area contributed by atoms with Crippen molar-refractivity contribution in [3.8, 4) is 11.4 Å². The Morgan fingerprint density at radius 1 is 1.03 bits per heavy atom. The van der Waals surface area contributed by atoms with E-state index in [0.29, 0.717) is 28.7 Å². The van der Waals surface area contributed by atoms with Gasteiger partial charge in [-0.25, -0.2) is 0 Å². The predicted octanol–water partition coefficient (Wildman–Crippen LogP) is 6.04. The zero-order valence-electron chi connectivity index (χ0n) is 17.1. The third-order valence-corrected chi connectivity index (χ3v) is 6.28. The Balaban J connectivity index is 1.37. The van der Waals surface area contributed by atoms with Gasteiger partial charge in [0, 0.05) is 23.0 Å². The van der Waals surface area contributed by atoms with Gasteiger partial charge in [0.1, 0.15) is 0 Å². The molecule has 0 radical (unpaired) electrons. The summed E-state index contributed by atoms with van der Waals surface area (Å²) in [6.07, 6.45) is 5.74. The summed E-state index contributed by atoms with van der Waals surface area (Å²) in [6.45, 7) is 0. The zero-order chi connectivity index (χ0) is 20.2. The molecule has 0 aliphatic heterocycles. The molecule has 0 spiro atoms. The third-order valence-electron chi connectivity index (χ3n) is 6.05. The van der Waals surface area contributed by atoms with Gasteiger partial charge >= 0.3 is 0 Å². The molecule has 1 heterocycles. The molecule has 1 aliphatic carbocycles. The lowest BCUT2D eigenvalue weighted by Gasteiger charge is -2.37. The summed E-state index contributed by atoms with van der Waals surface area (Å²) in [6, 6.07) is 18.9. The third kappa shape index (κ3) is 4.88. The van der Waals surface area contributed by atoms with Crippen LogP contribution >= 0.6 is 11.6 Å². The molecule has 0 amide bonds. The predicted molar refractivity (Wildman–Crippen MR) is 117 cm³/mol. The van der Waals surface area contributed by atoms with E-state index < -0.39 is 0 Å². The maximum absolute atomic E-state index is 6.07. The Morgan fingerprint density at radius 2 is 1.79 bits per heavy atom. The molecule has 0 saturated heterocycles. The van der Waals surface area contributed by atoms with E-state index in [2.05, 4.69) is 59.5 Å². The maximum atomic E-state index is 6.07. The lowest BCUT2D eigenvalue weighted by atomic mass is 9.75. The van der Waals surface area contributed by atoms with E-state index >= 15 is 0 Å². The molecule has 0 N–H and O–H groups in total. The first-order chi connectivity index (χ1) is 14.1. The van der Waals surface area contributed by atoms with Crippen LogP contribution in [-0.4, -0.2) is 29.1 Å². The molecule has 4 nitrogen and oxygen atoms in total. The van der Waals surface area contributed by atoms with Gasteiger partial charge in [-0.15, -0.1) is 0 Å². The SMILES string of the molecule is CN(C)C(c1ccccc1)C1CCC(Cc2nc(-c3cccc(Cl)c3)no2)CC1. The quantitative estimate of drug-likeness (QED) is 0.497. The second kappa shape index (κ2) is 9.10. The summed E-state index contributed by atoms with van der Waals surface area (Å²) < 4.78 is 5.53. The smallest absolute Gasteiger partial charge is 0.227 e. The highest BCUT2D eigenvalue weighted by molar-refractivity contribution is 6.30. The van der Waals surface area contributed by atoms with Crippen LogP contribution in [0.3, 0.4) is 0 Å². The van der Waals surface area contributed by atoms with Crippen molar-refractivity contribution in [2.75, 3.05) is 14.1 Å². The number of hydrogen-bond donors (Lipinski definition) is 0. The fourth-order valence-corrected chi connectivity index (χ4v) is 4.87. The van der Waals surface area contributed by atoms with Crippen molar-refractivity contribution in [1.29, 1.82) is 0 Å². The van der Waals surface area contributed by atoms with Crippen LogP contribution < -0.4 is 0 Å². The Morgan fingerprint density at radius 3 is 2.48 bits per heavy atom. The molecule has 2 aromatic carbocycles. The van der Waals surface area contributed by atoms with Gasteiger partial charge in [0.15, 0.2) is 0 Å². The van der Waals surface area contributed by atoms with E-state index in [9.17, 15) is 0 Å². The van der Waals surface area contributed by atoms with Gasteiger partial charge in [0.25, 0.3) is 0 Å². The number of benzene rings is 2. The standard InChI is InChI=1S/C24H28ClN3O/c1-28(2)23(18-7-4-3-5-8-18)19-13-11-17(12-14-19)15-22-26-24(27-29-22)20-9-6-10-21(25)16-20/h3-10,16-17,19,23H,11-15H2,1-2H3. The fraction of sp³-hybridized carbons (Fsp3) is 0.417. The van der Waals surface area contributed by atoms with Crippen molar-refractivity contribution >= 4 is 11.6 Å². The first-order valence-corrected chi connectivity index (χ1v) is 10.8. The number of hydrogen-bond acceptors (Lipinski definition) is 4. The van der Waals surface area contributed by atoms with Gasteiger partial charge in [-0.1, -0.05) is 59.2 Å². The maximum Gasteiger partial charge on any atom is 0.227 e. The van der Waals surface area contributed by atoms with E-state index in [1.54, 1.807) is 0 Å². The second-order valence-electron chi connectivity index (χ2n) is 8.33. The van der Waals surface area contributed by atoms with Gasteiger partial charge < -0.3 is 9.42 Å². The van der Waals surface area contributed by atoms with Crippen molar-refractivity contribution in [2.45, 2.75) is 38.1 Å². The average Bonchev–Trinajstić information content (AvgIpc) is 3.19. The second-order valence-corrected chi connectivity index (χ2v) is 8.76. The summed E-state index contributed by atoms with van der Waals surface area (Å²) >= 11 is 6.07. The van der Waals surface area contributed by atoms with Gasteiger partial charge in [-0.05, 0) is 69.3 Å². The van der Waals surface area contributed by atoms with Gasteiger partial charge in [-0.3, -0.25) is 0 Å². The molecular weight excluding hydrogens is 382 g/mol. The van der Waals surface area contributed by atoms with Gasteiger partial charge in [0.05, 0.1) is 0 Å². The Kier molecular flexibility index (Phi) is 6.31. The number of nitrogens with zero attached hydrogens (tertiary/aromatic N) is 3. The molecule has 1 atom stereocenters. The lowest BCUT2D eigenvalue weighted by Crippen LogP contribution is -2.30. The van der Waals surface area contributed by atoms with Crippen molar-refractivity contribution in [3.63, 3.8) is 0 Å². The highest BCUT2D eigenvalue weighted by Gasteiger charge is 2.30. The van der Waals surface area contributed by atoms with Crippen LogP contribution in [0.25, 0.3) is 11.4 Å². The van der Waals surface area contributed by atoms with Crippen LogP contribution in [0.5, 0.6) is 0 Å². The van der Waals surface area contributed by atoms with Crippen LogP contribution in [0.1, 0.15) is 43.2 Å². The molecule has 0 bridgehead atoms. The summed E-state index contributed by atoms with van der Waals surface area (Å²) in [5.74, 6) is 2.65. The summed E-state index contributed by atoms with van der Waals surface area (Å²) in [5, 5.41) is 4.83. The van der Waals surface area contributed by atoms with Crippen molar-refractivity contribution in [2.24, 2.45) is 11.8 Å². The summed E-state index contributed by atoms with van der Waals surface area (Å²) in [5.41, 5.74) is 2.32. The Bertz CT molecular complexity index is 917. The molecular formula is C24H28ClN3O. The zero-order valence-corrected chi connectivity index (χ0v) is 17.8. The van der Waals surface area contributed by atoms with Crippen molar-refractivity contribution < 1.29 is 4.52 Å². The van der Waals surface area contributed by atoms with Crippen LogP contribution in [0.4, 0.5) is 0 Å². The molecule has 29 heavy (non-hydrogen) atoms. The lowest BCUT2D eigenvalue weighted by molar-refractivity contribution is 0.146. The number of halogens is 1. The molecule has 1 fully saturated rings. The summed E-state index contributed by atoms with van der Waals surface area (Å²) in [4.78, 5) is 6.97. The van der Waals surface area contributed by atoms with E-state index in [0.717, 1.165) is 17.9 Å². The van der Waals surface area contributed by atoms with Crippen LogP contribution in [0.2, 0.25) is 5.02 Å². The van der Waals surface area contributed by atoms with Crippen LogP contribution in [0.15, 0.2) is 59.1 Å². The first-order valence-electron chi connectivity index (χ1n) is 10.4. The molecule has 1 unspecified atom stereocenters. The van der Waals surface area contributed by atoms with E-state index in [1.165, 1.54) is 31.2 Å². The minimum atomic E-state index is 0.481. The van der Waals surface area contributed by atoms with Crippen LogP contribution in [-0.2, 0) is 6.42 Å². The van der Waals surface area contributed by atoms with Crippen molar-refractivity contribution in [3.05, 3.63) is 71.1 Å². The number of aromatic nitrogens is 2. The van der Waals surface area contributed by atoms with E-state index in [-0.39, 0.29) is 0 Å². The van der Waals surface area contributed by atoms with Gasteiger partial charge in [0.2, 0.25) is 11.7 Å². The summed E-state index contributed by atoms with van der Waals surface area (Å²) in [7, 11) is 4.39. The normalized spacial score (nSPS) is 20.7. The highest BCUT2D eigenvalue weighted by atomic mass is 35.5. The fourth-order valence-electron chi connectivity index (χ4n) is 4.68. The Labute approximate surface area is 177 Å². The molecule has 5 heteroatoms. The average molecular weight is 410 g/mol. The topological polar surface area (TPSA) is 42.2 Å². The van der Waals surface area contributed by atoms with Crippen LogP contribution in [0, 0.1) is 11.8 Å². The highest BCUT2D eigenvalue weighted by Crippen LogP contribution is 2.40. The minimum Gasteiger partial charge on any atom is -0.339 e. The van der Waals surface area contributed by atoms with Gasteiger partial charge in [-0.2, -0.15) is 4.98 Å². The van der Waals surface area contributed by atoms with Crippen molar-refractivity contribution in [1.82, 2.24) is 15.0 Å². The molecule has 1 aromatic heterocycles. The molecule has 4 rings (SSSR count). The molecule has 1 saturated carbocycles. The van der Waals surface area contributed by atoms with E-state index in [1.807, 2.05) is 24.3 Å². The largest absolute Gasteiger partial charge is 0.339 e. The molecule has 1 aliphatic rings. The van der Waals surface area contributed by atoms with E-state index in [4.69, 9.17) is 16.1 Å². The molecule has 3 aromatic rings. The Hall–Kier alpha value is -2.17. The first kappa shape index (κ1) is 20.1. The number of rotatable bonds is 6. The monoisotopic (exact) mass is 409 g/mol. The minimum absolute atomic E-state index is 0.481.